The molecule has 0 saturated carbocycles. The smallest absolute Gasteiger partial charge is 0.411 e. The molecule has 0 aromatic carbocycles. The fourth-order valence-corrected chi connectivity index (χ4v) is 3.06. The van der Waals surface area contributed by atoms with Crippen LogP contribution in [-0.4, -0.2) is 66.2 Å². The number of hydrogen-bond donors (Lipinski definition) is 1. The average Bonchev–Trinajstić information content (AvgIpc) is 2.44. The van der Waals surface area contributed by atoms with Crippen molar-refractivity contribution in [2.45, 2.75) is 52.2 Å². The number of ether oxygens (including phenoxy) is 1. The van der Waals surface area contributed by atoms with Gasteiger partial charge in [-0.05, 0) is 39.5 Å². The van der Waals surface area contributed by atoms with Crippen LogP contribution in [0.25, 0.3) is 0 Å². The van der Waals surface area contributed by atoms with Crippen molar-refractivity contribution in [2.75, 3.05) is 32.7 Å². The lowest BCUT2D eigenvalue weighted by Crippen LogP contribution is -2.61. The molecule has 2 aliphatic rings. The molecule has 2 heterocycles. The molecule has 6 heteroatoms. The van der Waals surface area contributed by atoms with E-state index in [1.807, 2.05) is 25.7 Å². The predicted octanol–water partition coefficient (Wildman–Crippen LogP) is 1.45. The highest BCUT2D eigenvalue weighted by molar-refractivity contribution is 5.86. The number of carbonyl (C=O) groups is 2. The normalized spacial score (nSPS) is 26.7. The van der Waals surface area contributed by atoms with Gasteiger partial charge in [0.25, 0.3) is 0 Å². The fraction of sp³-hybridized carbons (Fsp3) is 0.875. The molecule has 0 spiro atoms. The molecular formula is C16H29N3O3. The summed E-state index contributed by atoms with van der Waals surface area (Å²) >= 11 is 0. The number of piperazine rings is 1. The molecule has 0 aromatic rings. The molecule has 1 N–H and O–H groups in total. The second-order valence-electron chi connectivity index (χ2n) is 7.43. The van der Waals surface area contributed by atoms with Crippen LogP contribution in [0.5, 0.6) is 0 Å². The SMILES string of the molecule is C[C@@H]1CCCN(C(=O)[C@@H]2CNCCN2C(=O)OC(C)(C)C)C1. The summed E-state index contributed by atoms with van der Waals surface area (Å²) in [7, 11) is 0. The maximum absolute atomic E-state index is 12.8. The number of carbonyl (C=O) groups excluding carboxylic acids is 2. The van der Waals surface area contributed by atoms with E-state index in [2.05, 4.69) is 12.2 Å². The van der Waals surface area contributed by atoms with E-state index in [0.717, 1.165) is 19.5 Å². The summed E-state index contributed by atoms with van der Waals surface area (Å²) in [5, 5.41) is 3.22. The molecule has 2 atom stereocenters. The van der Waals surface area contributed by atoms with E-state index in [1.54, 1.807) is 4.90 Å². The maximum atomic E-state index is 12.8. The highest BCUT2D eigenvalue weighted by Gasteiger charge is 2.37. The fourth-order valence-electron chi connectivity index (χ4n) is 3.06. The van der Waals surface area contributed by atoms with Gasteiger partial charge in [-0.1, -0.05) is 6.92 Å². The Kier molecular flexibility index (Phi) is 5.32. The predicted molar refractivity (Wildman–Crippen MR) is 84.6 cm³/mol. The van der Waals surface area contributed by atoms with Gasteiger partial charge in [0.15, 0.2) is 0 Å². The lowest BCUT2D eigenvalue weighted by molar-refractivity contribution is -0.139. The lowest BCUT2D eigenvalue weighted by atomic mass is 9.99. The van der Waals surface area contributed by atoms with Crippen molar-refractivity contribution in [1.82, 2.24) is 15.1 Å². The van der Waals surface area contributed by atoms with Gasteiger partial charge in [-0.25, -0.2) is 4.79 Å². The number of nitrogens with one attached hydrogen (secondary N) is 1. The summed E-state index contributed by atoms with van der Waals surface area (Å²) in [5.74, 6) is 0.578. The van der Waals surface area contributed by atoms with Crippen molar-refractivity contribution >= 4 is 12.0 Å². The number of rotatable bonds is 1. The van der Waals surface area contributed by atoms with Gasteiger partial charge in [0, 0.05) is 32.7 Å². The Hall–Kier alpha value is -1.30. The Balaban J connectivity index is 2.05. The van der Waals surface area contributed by atoms with Crippen molar-refractivity contribution < 1.29 is 14.3 Å². The second kappa shape index (κ2) is 6.86. The highest BCUT2D eigenvalue weighted by atomic mass is 16.6. The second-order valence-corrected chi connectivity index (χ2v) is 7.43. The van der Waals surface area contributed by atoms with Gasteiger partial charge in [-0.3, -0.25) is 9.69 Å². The minimum Gasteiger partial charge on any atom is -0.444 e. The number of likely N-dealkylation sites (tertiary alicyclic amines) is 1. The van der Waals surface area contributed by atoms with Crippen LogP contribution in [0.1, 0.15) is 40.5 Å². The molecule has 2 fully saturated rings. The Morgan fingerprint density at radius 1 is 1.23 bits per heavy atom. The van der Waals surface area contributed by atoms with Crippen LogP contribution in [0.3, 0.4) is 0 Å². The molecule has 0 radical (unpaired) electrons. The molecule has 2 aliphatic heterocycles. The van der Waals surface area contributed by atoms with Gasteiger partial charge in [-0.2, -0.15) is 0 Å². The summed E-state index contributed by atoms with van der Waals surface area (Å²) in [4.78, 5) is 28.7. The van der Waals surface area contributed by atoms with Crippen molar-refractivity contribution in [1.29, 1.82) is 0 Å². The largest absolute Gasteiger partial charge is 0.444 e. The summed E-state index contributed by atoms with van der Waals surface area (Å²) in [5.41, 5.74) is -0.546. The van der Waals surface area contributed by atoms with Crippen molar-refractivity contribution in [2.24, 2.45) is 5.92 Å². The van der Waals surface area contributed by atoms with Crippen LogP contribution in [-0.2, 0) is 9.53 Å². The first-order valence-corrected chi connectivity index (χ1v) is 8.27. The molecular weight excluding hydrogens is 282 g/mol. The van der Waals surface area contributed by atoms with E-state index in [0.29, 0.717) is 25.6 Å². The van der Waals surface area contributed by atoms with E-state index in [4.69, 9.17) is 4.74 Å². The number of hydrogen-bond acceptors (Lipinski definition) is 4. The van der Waals surface area contributed by atoms with E-state index >= 15 is 0 Å². The molecule has 22 heavy (non-hydrogen) atoms. The number of nitrogens with zero attached hydrogens (tertiary/aromatic N) is 2. The molecule has 6 nitrogen and oxygen atoms in total. The first-order chi connectivity index (χ1) is 10.3. The van der Waals surface area contributed by atoms with Crippen molar-refractivity contribution in [3.8, 4) is 0 Å². The first kappa shape index (κ1) is 17.1. The molecule has 2 rings (SSSR count). The molecule has 0 aromatic heterocycles. The van der Waals surface area contributed by atoms with Crippen LogP contribution < -0.4 is 5.32 Å². The van der Waals surface area contributed by atoms with Gasteiger partial charge in [0.2, 0.25) is 5.91 Å². The van der Waals surface area contributed by atoms with Crippen LogP contribution in [0.2, 0.25) is 0 Å². The van der Waals surface area contributed by atoms with E-state index < -0.39 is 17.7 Å². The summed E-state index contributed by atoms with van der Waals surface area (Å²) < 4.78 is 5.45. The molecule has 0 unspecified atom stereocenters. The molecule has 2 saturated heterocycles. The standard InChI is InChI=1S/C16H29N3O3/c1-12-6-5-8-18(11-12)14(20)13-10-17-7-9-19(13)15(21)22-16(2,3)4/h12-13,17H,5-11H2,1-4H3/t12-,13+/m1/s1. The van der Waals surface area contributed by atoms with Crippen molar-refractivity contribution in [3.05, 3.63) is 0 Å². The zero-order valence-corrected chi connectivity index (χ0v) is 14.2. The third kappa shape index (κ3) is 4.35. The maximum Gasteiger partial charge on any atom is 0.411 e. The quantitative estimate of drug-likeness (QED) is 0.796. The Morgan fingerprint density at radius 3 is 2.59 bits per heavy atom. The molecule has 126 valence electrons. The van der Waals surface area contributed by atoms with Gasteiger partial charge < -0.3 is 15.0 Å². The van der Waals surface area contributed by atoms with Crippen LogP contribution >= 0.6 is 0 Å². The van der Waals surface area contributed by atoms with Crippen LogP contribution in [0.15, 0.2) is 0 Å². The first-order valence-electron chi connectivity index (χ1n) is 8.27. The third-order valence-corrected chi connectivity index (χ3v) is 4.13. The minimum atomic E-state index is -0.546. The zero-order chi connectivity index (χ0) is 16.3. The van der Waals surface area contributed by atoms with Gasteiger partial charge >= 0.3 is 6.09 Å². The molecule has 0 bridgehead atoms. The zero-order valence-electron chi connectivity index (χ0n) is 14.2. The topological polar surface area (TPSA) is 61.9 Å². The Bertz CT molecular complexity index is 419. The highest BCUT2D eigenvalue weighted by Crippen LogP contribution is 2.19. The van der Waals surface area contributed by atoms with E-state index in [9.17, 15) is 9.59 Å². The van der Waals surface area contributed by atoms with E-state index in [-0.39, 0.29) is 5.91 Å². The summed E-state index contributed by atoms with van der Waals surface area (Å²) in [6.45, 7) is 11.0. The minimum absolute atomic E-state index is 0.0459. The van der Waals surface area contributed by atoms with Crippen LogP contribution in [0, 0.1) is 5.92 Å². The Labute approximate surface area is 133 Å². The molecule has 2 amide bonds. The van der Waals surface area contributed by atoms with Crippen LogP contribution in [0.4, 0.5) is 4.79 Å². The van der Waals surface area contributed by atoms with E-state index in [1.165, 1.54) is 6.42 Å². The average molecular weight is 311 g/mol. The number of amides is 2. The summed E-state index contributed by atoms with van der Waals surface area (Å²) in [6.07, 6.45) is 1.82. The molecule has 0 aliphatic carbocycles. The Morgan fingerprint density at radius 2 is 1.95 bits per heavy atom. The third-order valence-electron chi connectivity index (χ3n) is 4.13. The van der Waals surface area contributed by atoms with Crippen molar-refractivity contribution in [3.63, 3.8) is 0 Å². The monoisotopic (exact) mass is 311 g/mol. The lowest BCUT2D eigenvalue weighted by Gasteiger charge is -2.40. The van der Waals surface area contributed by atoms with Gasteiger partial charge in [-0.15, -0.1) is 0 Å². The van der Waals surface area contributed by atoms with Gasteiger partial charge in [0.05, 0.1) is 0 Å². The number of piperidine rings is 1. The van der Waals surface area contributed by atoms with Gasteiger partial charge in [0.1, 0.15) is 11.6 Å². The summed E-state index contributed by atoms with van der Waals surface area (Å²) in [6, 6.07) is -0.450.